The zero-order valence-electron chi connectivity index (χ0n) is 13.6. The van der Waals surface area contributed by atoms with E-state index in [9.17, 15) is 4.79 Å². The Labute approximate surface area is 152 Å². The number of halogens is 1. The van der Waals surface area contributed by atoms with Gasteiger partial charge < -0.3 is 14.6 Å². The van der Waals surface area contributed by atoms with Crippen molar-refractivity contribution in [2.75, 3.05) is 26.2 Å². The van der Waals surface area contributed by atoms with Crippen molar-refractivity contribution < 1.29 is 19.4 Å². The van der Waals surface area contributed by atoms with Gasteiger partial charge in [-0.1, -0.05) is 12.1 Å². The van der Waals surface area contributed by atoms with E-state index < -0.39 is 5.97 Å². The Morgan fingerprint density at radius 2 is 2.00 bits per heavy atom. The van der Waals surface area contributed by atoms with Gasteiger partial charge in [0.1, 0.15) is 5.75 Å². The quantitative estimate of drug-likeness (QED) is 0.841. The van der Waals surface area contributed by atoms with Crippen molar-refractivity contribution >= 4 is 18.4 Å². The second-order valence-corrected chi connectivity index (χ2v) is 5.51. The van der Waals surface area contributed by atoms with Crippen LogP contribution < -0.4 is 4.74 Å². The van der Waals surface area contributed by atoms with Crippen LogP contribution in [0.1, 0.15) is 18.1 Å². The van der Waals surface area contributed by atoms with Gasteiger partial charge in [-0.3, -0.25) is 9.69 Å². The van der Waals surface area contributed by atoms with Gasteiger partial charge in [0.2, 0.25) is 0 Å². The van der Waals surface area contributed by atoms with Crippen LogP contribution in [0.4, 0.5) is 0 Å². The number of carbonyl (C=O) groups is 1. The lowest BCUT2D eigenvalue weighted by Gasteiger charge is -2.32. The predicted octanol–water partition coefficient (Wildman–Crippen LogP) is 2.54. The first-order chi connectivity index (χ1) is 11.7. The van der Waals surface area contributed by atoms with Crippen LogP contribution in [0.15, 0.2) is 42.7 Å². The third-order valence-corrected chi connectivity index (χ3v) is 3.80. The van der Waals surface area contributed by atoms with Crippen LogP contribution in [-0.4, -0.2) is 52.2 Å². The van der Waals surface area contributed by atoms with E-state index in [0.717, 1.165) is 12.1 Å². The first-order valence-electron chi connectivity index (χ1n) is 7.81. The molecule has 1 aromatic carbocycles. The Kier molecular flexibility index (Phi) is 7.12. The van der Waals surface area contributed by atoms with Crippen LogP contribution in [0.2, 0.25) is 0 Å². The highest BCUT2D eigenvalue weighted by molar-refractivity contribution is 5.85. The molecule has 1 aliphatic heterocycles. The highest BCUT2D eigenvalue weighted by atomic mass is 35.5. The van der Waals surface area contributed by atoms with Crippen LogP contribution >= 0.6 is 12.4 Å². The van der Waals surface area contributed by atoms with Crippen LogP contribution in [0, 0.1) is 0 Å². The molecule has 1 aromatic heterocycles. The molecule has 0 spiro atoms. The topological polar surface area (TPSA) is 84.8 Å². The normalized spacial score (nSPS) is 17.5. The molecule has 1 atom stereocenters. The fraction of sp³-hybridized carbons (Fsp3) is 0.353. The second kappa shape index (κ2) is 9.31. The molecule has 2 heterocycles. The second-order valence-electron chi connectivity index (χ2n) is 5.51. The molecule has 0 radical (unpaired) electrons. The Bertz CT molecular complexity index is 669. The molecule has 134 valence electrons. The van der Waals surface area contributed by atoms with Crippen molar-refractivity contribution in [2.45, 2.75) is 12.5 Å². The van der Waals surface area contributed by atoms with Gasteiger partial charge in [-0.25, -0.2) is 9.97 Å². The first-order valence-corrected chi connectivity index (χ1v) is 7.81. The number of benzene rings is 1. The zero-order valence-corrected chi connectivity index (χ0v) is 14.4. The molecule has 0 aliphatic carbocycles. The van der Waals surface area contributed by atoms with Crippen molar-refractivity contribution in [2.24, 2.45) is 0 Å². The first kappa shape index (κ1) is 19.1. The van der Waals surface area contributed by atoms with Crippen LogP contribution in [0.5, 0.6) is 11.8 Å². The summed E-state index contributed by atoms with van der Waals surface area (Å²) >= 11 is 0. The summed E-state index contributed by atoms with van der Waals surface area (Å²) in [5, 5.41) is 8.80. The minimum Gasteiger partial charge on any atom is -0.481 e. The SMILES string of the molecule is Cl.O=C(O)CCN1CCOC(c2ccc(Oc3ncccn3)cc2)C1. The molecule has 0 saturated carbocycles. The molecule has 0 amide bonds. The van der Waals surface area contributed by atoms with Gasteiger partial charge in [0.05, 0.1) is 19.1 Å². The molecule has 1 fully saturated rings. The number of carboxylic acids is 1. The maximum Gasteiger partial charge on any atom is 0.321 e. The van der Waals surface area contributed by atoms with Gasteiger partial charge in [0.15, 0.2) is 0 Å². The lowest BCUT2D eigenvalue weighted by atomic mass is 10.1. The Morgan fingerprint density at radius 1 is 1.28 bits per heavy atom. The Morgan fingerprint density at radius 3 is 2.68 bits per heavy atom. The standard InChI is InChI=1S/C17H19N3O4.ClH/c21-16(22)6-9-20-10-11-23-15(12-20)13-2-4-14(5-3-13)24-17-18-7-1-8-19-17;/h1-5,7-8,15H,6,9-12H2,(H,21,22);1H. The molecule has 1 saturated heterocycles. The third-order valence-electron chi connectivity index (χ3n) is 3.80. The van der Waals surface area contributed by atoms with E-state index in [0.29, 0.717) is 31.5 Å². The number of hydrogen-bond donors (Lipinski definition) is 1. The fourth-order valence-corrected chi connectivity index (χ4v) is 2.56. The summed E-state index contributed by atoms with van der Waals surface area (Å²) in [6.45, 7) is 2.59. The molecule has 8 heteroatoms. The number of nitrogens with zero attached hydrogens (tertiary/aromatic N) is 3. The number of aliphatic carboxylic acids is 1. The van der Waals surface area contributed by atoms with Crippen LogP contribution in [0.3, 0.4) is 0 Å². The lowest BCUT2D eigenvalue weighted by Crippen LogP contribution is -2.39. The number of aromatic nitrogens is 2. The zero-order chi connectivity index (χ0) is 16.8. The predicted molar refractivity (Wildman–Crippen MR) is 93.2 cm³/mol. The van der Waals surface area contributed by atoms with Gasteiger partial charge in [0, 0.05) is 32.0 Å². The number of morpholine rings is 1. The summed E-state index contributed by atoms with van der Waals surface area (Å²) < 4.78 is 11.4. The highest BCUT2D eigenvalue weighted by Gasteiger charge is 2.22. The number of ether oxygens (including phenoxy) is 2. The largest absolute Gasteiger partial charge is 0.481 e. The number of carboxylic acid groups (broad SMARTS) is 1. The Hall–Kier alpha value is -2.22. The summed E-state index contributed by atoms with van der Waals surface area (Å²) in [6.07, 6.45) is 3.34. The van der Waals surface area contributed by atoms with E-state index in [4.69, 9.17) is 14.6 Å². The van der Waals surface area contributed by atoms with Gasteiger partial charge >= 0.3 is 12.0 Å². The minimum absolute atomic E-state index is 0. The average Bonchev–Trinajstić information content (AvgIpc) is 2.62. The summed E-state index contributed by atoms with van der Waals surface area (Å²) in [5.41, 5.74) is 1.04. The molecule has 1 unspecified atom stereocenters. The van der Waals surface area contributed by atoms with Gasteiger partial charge in [-0.05, 0) is 23.8 Å². The summed E-state index contributed by atoms with van der Waals surface area (Å²) in [4.78, 5) is 20.9. The van der Waals surface area contributed by atoms with Gasteiger partial charge in [0.25, 0.3) is 0 Å². The monoisotopic (exact) mass is 365 g/mol. The maximum atomic E-state index is 10.7. The molecule has 2 aromatic rings. The molecule has 1 aliphatic rings. The van der Waals surface area contributed by atoms with E-state index in [1.807, 2.05) is 24.3 Å². The third kappa shape index (κ3) is 5.67. The smallest absolute Gasteiger partial charge is 0.321 e. The van der Waals surface area contributed by atoms with Crippen molar-refractivity contribution in [3.05, 3.63) is 48.3 Å². The highest BCUT2D eigenvalue weighted by Crippen LogP contribution is 2.25. The van der Waals surface area contributed by atoms with E-state index in [-0.39, 0.29) is 24.9 Å². The van der Waals surface area contributed by atoms with E-state index in [2.05, 4.69) is 14.9 Å². The van der Waals surface area contributed by atoms with Gasteiger partial charge in [-0.15, -0.1) is 12.4 Å². The summed E-state index contributed by atoms with van der Waals surface area (Å²) in [7, 11) is 0. The van der Waals surface area contributed by atoms with E-state index in [1.165, 1.54) is 0 Å². The van der Waals surface area contributed by atoms with Gasteiger partial charge in [-0.2, -0.15) is 0 Å². The van der Waals surface area contributed by atoms with Crippen molar-refractivity contribution in [3.8, 4) is 11.8 Å². The molecule has 1 N–H and O–H groups in total. The molecular formula is C17H20ClN3O4. The molecule has 3 rings (SSSR count). The van der Waals surface area contributed by atoms with Crippen LogP contribution in [-0.2, 0) is 9.53 Å². The van der Waals surface area contributed by atoms with Crippen molar-refractivity contribution in [1.82, 2.24) is 14.9 Å². The van der Waals surface area contributed by atoms with E-state index >= 15 is 0 Å². The lowest BCUT2D eigenvalue weighted by molar-refractivity contribution is -0.137. The van der Waals surface area contributed by atoms with Crippen LogP contribution in [0.25, 0.3) is 0 Å². The van der Waals surface area contributed by atoms with Crippen molar-refractivity contribution in [1.29, 1.82) is 0 Å². The van der Waals surface area contributed by atoms with Crippen molar-refractivity contribution in [3.63, 3.8) is 0 Å². The number of hydrogen-bond acceptors (Lipinski definition) is 6. The molecule has 7 nitrogen and oxygen atoms in total. The summed E-state index contributed by atoms with van der Waals surface area (Å²) in [6, 6.07) is 9.63. The minimum atomic E-state index is -0.775. The molecule has 25 heavy (non-hydrogen) atoms. The average molecular weight is 366 g/mol. The number of rotatable bonds is 6. The summed E-state index contributed by atoms with van der Waals surface area (Å²) in [5.74, 6) is -0.119. The molecule has 0 bridgehead atoms. The maximum absolute atomic E-state index is 10.7. The Balaban J connectivity index is 0.00000225. The van der Waals surface area contributed by atoms with E-state index in [1.54, 1.807) is 18.5 Å². The fourth-order valence-electron chi connectivity index (χ4n) is 2.56. The molecular weight excluding hydrogens is 346 g/mol.